The highest BCUT2D eigenvalue weighted by Crippen LogP contribution is 2.25. The van der Waals surface area contributed by atoms with E-state index in [2.05, 4.69) is 20.3 Å². The number of nitrogens with zero attached hydrogens (tertiary/aromatic N) is 2. The van der Waals surface area contributed by atoms with Gasteiger partial charge < -0.3 is 26.5 Å². The number of benzene rings is 1. The van der Waals surface area contributed by atoms with E-state index >= 15 is 0 Å². The molecule has 0 fully saturated rings. The maximum absolute atomic E-state index is 11.7. The Hall–Kier alpha value is -2.97. The van der Waals surface area contributed by atoms with Crippen molar-refractivity contribution >= 4 is 22.6 Å². The maximum Gasteiger partial charge on any atom is 0.269 e. The second-order valence-electron chi connectivity index (χ2n) is 5.68. The van der Waals surface area contributed by atoms with Crippen LogP contribution in [0.3, 0.4) is 0 Å². The Morgan fingerprint density at radius 1 is 1.40 bits per heavy atom. The average molecular weight is 340 g/mol. The van der Waals surface area contributed by atoms with E-state index in [-0.39, 0.29) is 11.7 Å². The molecule has 0 bridgehead atoms. The number of aromatic amines is 1. The molecule has 1 atom stereocenters. The Morgan fingerprint density at radius 3 is 2.92 bits per heavy atom. The zero-order valence-corrected chi connectivity index (χ0v) is 13.8. The summed E-state index contributed by atoms with van der Waals surface area (Å²) in [5, 5.41) is 4.10. The summed E-state index contributed by atoms with van der Waals surface area (Å²) in [7, 11) is 1.59. The van der Waals surface area contributed by atoms with E-state index in [0.717, 1.165) is 10.9 Å². The van der Waals surface area contributed by atoms with Crippen molar-refractivity contribution in [3.8, 4) is 11.4 Å². The molecule has 0 aliphatic carbocycles. The van der Waals surface area contributed by atoms with Crippen LogP contribution in [0.1, 0.15) is 10.5 Å². The van der Waals surface area contributed by atoms with Gasteiger partial charge in [-0.2, -0.15) is 0 Å². The maximum atomic E-state index is 11.7. The van der Waals surface area contributed by atoms with Crippen molar-refractivity contribution in [3.05, 3.63) is 42.2 Å². The predicted molar refractivity (Wildman–Crippen MR) is 96.2 cm³/mol. The molecule has 2 aromatic heterocycles. The number of anilines is 1. The summed E-state index contributed by atoms with van der Waals surface area (Å²) in [5.41, 5.74) is 13.5. The fourth-order valence-corrected chi connectivity index (χ4v) is 2.55. The van der Waals surface area contributed by atoms with Gasteiger partial charge in [0.1, 0.15) is 11.5 Å². The summed E-state index contributed by atoms with van der Waals surface area (Å²) in [6.45, 7) is 0.888. The number of fused-ring (bicyclic) bond motifs is 1. The molecule has 3 rings (SSSR count). The highest BCUT2D eigenvalue weighted by molar-refractivity contribution is 5.98. The van der Waals surface area contributed by atoms with Crippen LogP contribution in [-0.4, -0.2) is 47.2 Å². The molecule has 0 spiro atoms. The van der Waals surface area contributed by atoms with Gasteiger partial charge in [-0.15, -0.1) is 0 Å². The third kappa shape index (κ3) is 3.76. The van der Waals surface area contributed by atoms with E-state index < -0.39 is 5.91 Å². The van der Waals surface area contributed by atoms with Gasteiger partial charge in [0.15, 0.2) is 5.69 Å². The van der Waals surface area contributed by atoms with E-state index in [1.54, 1.807) is 7.11 Å². The quantitative estimate of drug-likeness (QED) is 0.509. The predicted octanol–water partition coefficient (Wildman–Crippen LogP) is 1.11. The third-order valence-corrected chi connectivity index (χ3v) is 3.72. The first-order valence-corrected chi connectivity index (χ1v) is 7.82. The molecule has 0 unspecified atom stereocenters. The molecule has 0 aliphatic rings. The van der Waals surface area contributed by atoms with Crippen LogP contribution in [0.2, 0.25) is 0 Å². The van der Waals surface area contributed by atoms with E-state index in [4.69, 9.17) is 16.2 Å². The fraction of sp³-hybridized carbons (Fsp3) is 0.235. The molecule has 1 aromatic carbocycles. The molecular formula is C17H20N6O2. The number of nitrogens with one attached hydrogen (secondary N) is 2. The summed E-state index contributed by atoms with van der Waals surface area (Å²) in [5.74, 6) is -0.131. The normalized spacial score (nSPS) is 12.2. The van der Waals surface area contributed by atoms with Crippen LogP contribution in [0.25, 0.3) is 22.3 Å². The van der Waals surface area contributed by atoms with Crippen molar-refractivity contribution in [2.45, 2.75) is 6.04 Å². The van der Waals surface area contributed by atoms with Crippen LogP contribution in [-0.2, 0) is 4.74 Å². The zero-order valence-electron chi connectivity index (χ0n) is 13.8. The minimum absolute atomic E-state index is 0.110. The smallest absolute Gasteiger partial charge is 0.269 e. The number of ether oxygens (including phenoxy) is 1. The van der Waals surface area contributed by atoms with Gasteiger partial charge in [-0.25, -0.2) is 9.97 Å². The van der Waals surface area contributed by atoms with Gasteiger partial charge in [-0.1, -0.05) is 18.2 Å². The van der Waals surface area contributed by atoms with Crippen LogP contribution in [0.15, 0.2) is 36.5 Å². The lowest BCUT2D eigenvalue weighted by Crippen LogP contribution is -2.33. The summed E-state index contributed by atoms with van der Waals surface area (Å²) in [4.78, 5) is 23.6. The van der Waals surface area contributed by atoms with Gasteiger partial charge in [-0.3, -0.25) is 4.79 Å². The van der Waals surface area contributed by atoms with Crippen molar-refractivity contribution in [2.24, 2.45) is 11.5 Å². The summed E-state index contributed by atoms with van der Waals surface area (Å²) in [6, 6.07) is 9.51. The lowest BCUT2D eigenvalue weighted by molar-refractivity contribution is 0.0996. The molecule has 3 aromatic rings. The molecule has 8 heteroatoms. The second-order valence-corrected chi connectivity index (χ2v) is 5.68. The Kier molecular flexibility index (Phi) is 4.92. The zero-order chi connectivity index (χ0) is 17.8. The number of para-hydroxylation sites is 1. The fourth-order valence-electron chi connectivity index (χ4n) is 2.55. The Labute approximate surface area is 144 Å². The van der Waals surface area contributed by atoms with E-state index in [1.807, 2.05) is 30.3 Å². The SMILES string of the molecule is COC[C@H](N)CNc1cnc(C(N)=O)c(-c2cc3ccccc3[nH]2)n1. The number of amides is 1. The van der Waals surface area contributed by atoms with Gasteiger partial charge in [0.25, 0.3) is 5.91 Å². The summed E-state index contributed by atoms with van der Waals surface area (Å²) >= 11 is 0. The number of H-pyrrole nitrogens is 1. The molecule has 2 heterocycles. The number of methoxy groups -OCH3 is 1. The molecule has 0 radical (unpaired) electrons. The second kappa shape index (κ2) is 7.29. The molecule has 0 saturated heterocycles. The highest BCUT2D eigenvalue weighted by atomic mass is 16.5. The molecule has 0 saturated carbocycles. The van der Waals surface area contributed by atoms with Crippen molar-refractivity contribution in [1.29, 1.82) is 0 Å². The lowest BCUT2D eigenvalue weighted by atomic mass is 10.2. The van der Waals surface area contributed by atoms with Crippen LogP contribution in [0.5, 0.6) is 0 Å². The largest absolute Gasteiger partial charge is 0.383 e. The number of nitrogens with two attached hydrogens (primary N) is 2. The van der Waals surface area contributed by atoms with Gasteiger partial charge >= 0.3 is 0 Å². The van der Waals surface area contributed by atoms with Crippen molar-refractivity contribution in [2.75, 3.05) is 25.6 Å². The molecular weight excluding hydrogens is 320 g/mol. The number of primary amides is 1. The average Bonchev–Trinajstić information content (AvgIpc) is 3.04. The minimum Gasteiger partial charge on any atom is -0.383 e. The van der Waals surface area contributed by atoms with Gasteiger partial charge in [0, 0.05) is 30.6 Å². The Balaban J connectivity index is 1.95. The van der Waals surface area contributed by atoms with E-state index in [9.17, 15) is 4.79 Å². The van der Waals surface area contributed by atoms with Crippen molar-refractivity contribution < 1.29 is 9.53 Å². The molecule has 8 nitrogen and oxygen atoms in total. The summed E-state index contributed by atoms with van der Waals surface area (Å²) in [6.07, 6.45) is 1.46. The first-order chi connectivity index (χ1) is 12.1. The molecule has 1 amide bonds. The lowest BCUT2D eigenvalue weighted by Gasteiger charge is -2.13. The van der Waals surface area contributed by atoms with Crippen LogP contribution in [0.4, 0.5) is 5.82 Å². The number of carbonyl (C=O) groups is 1. The van der Waals surface area contributed by atoms with Gasteiger partial charge in [0.2, 0.25) is 0 Å². The standard InChI is InChI=1S/C17H20N6O2/c1-25-9-11(18)7-20-14-8-21-16(17(19)24)15(23-14)13-6-10-4-2-3-5-12(10)22-13/h2-6,8,11,22H,7,9,18H2,1H3,(H2,19,24)(H,20,23)/t11-/m1/s1. The number of hydrogen-bond donors (Lipinski definition) is 4. The first-order valence-electron chi connectivity index (χ1n) is 7.82. The Morgan fingerprint density at radius 2 is 2.20 bits per heavy atom. The third-order valence-electron chi connectivity index (χ3n) is 3.72. The number of aromatic nitrogens is 3. The molecule has 0 aliphatic heterocycles. The van der Waals surface area contributed by atoms with Crippen LogP contribution >= 0.6 is 0 Å². The molecule has 25 heavy (non-hydrogen) atoms. The molecule has 6 N–H and O–H groups in total. The first kappa shape index (κ1) is 16.9. The Bertz CT molecular complexity index is 859. The highest BCUT2D eigenvalue weighted by Gasteiger charge is 2.17. The number of rotatable bonds is 7. The monoisotopic (exact) mass is 340 g/mol. The van der Waals surface area contributed by atoms with E-state index in [1.165, 1.54) is 6.20 Å². The van der Waals surface area contributed by atoms with Crippen molar-refractivity contribution in [3.63, 3.8) is 0 Å². The van der Waals surface area contributed by atoms with Crippen molar-refractivity contribution in [1.82, 2.24) is 15.0 Å². The minimum atomic E-state index is -0.635. The summed E-state index contributed by atoms with van der Waals surface area (Å²) < 4.78 is 5.00. The number of hydrogen-bond acceptors (Lipinski definition) is 6. The molecule has 130 valence electrons. The van der Waals surface area contributed by atoms with E-state index in [0.29, 0.717) is 30.4 Å². The van der Waals surface area contributed by atoms with Crippen LogP contribution < -0.4 is 16.8 Å². The number of carbonyl (C=O) groups excluding carboxylic acids is 1. The van der Waals surface area contributed by atoms with Gasteiger partial charge in [-0.05, 0) is 12.1 Å². The van der Waals surface area contributed by atoms with Crippen LogP contribution in [0, 0.1) is 0 Å². The van der Waals surface area contributed by atoms with Gasteiger partial charge in [0.05, 0.1) is 18.5 Å². The topological polar surface area (TPSA) is 132 Å².